The van der Waals surface area contributed by atoms with Crippen molar-refractivity contribution in [1.82, 2.24) is 0 Å². The lowest BCUT2D eigenvalue weighted by Crippen LogP contribution is -2.32. The number of ketones is 1. The van der Waals surface area contributed by atoms with Crippen molar-refractivity contribution in [2.75, 3.05) is 0 Å². The molecule has 1 rings (SSSR count). The van der Waals surface area contributed by atoms with Gasteiger partial charge in [0.1, 0.15) is 12.4 Å². The van der Waals surface area contributed by atoms with Gasteiger partial charge in [0.2, 0.25) is 0 Å². The number of hydrogen-bond acceptors (Lipinski definition) is 4. The molecule has 0 saturated carbocycles. The van der Waals surface area contributed by atoms with Crippen molar-refractivity contribution < 1.29 is 14.3 Å². The first-order valence-electron chi connectivity index (χ1n) is 5.61. The Labute approximate surface area is 101 Å². The molecule has 1 aromatic rings. The van der Waals surface area contributed by atoms with Crippen molar-refractivity contribution in [3.8, 4) is 0 Å². The summed E-state index contributed by atoms with van der Waals surface area (Å²) in [5.41, 5.74) is 6.46. The fraction of sp³-hybridized carbons (Fsp3) is 0.385. The first-order chi connectivity index (χ1) is 8.13. The van der Waals surface area contributed by atoms with E-state index in [4.69, 9.17) is 10.5 Å². The number of hydrogen-bond donors (Lipinski definition) is 1. The van der Waals surface area contributed by atoms with Gasteiger partial charge in [0.15, 0.2) is 0 Å². The molecule has 0 aromatic heterocycles. The van der Waals surface area contributed by atoms with E-state index in [1.165, 1.54) is 0 Å². The smallest absolute Gasteiger partial charge is 0.308 e. The van der Waals surface area contributed by atoms with E-state index in [2.05, 4.69) is 0 Å². The Morgan fingerprint density at radius 3 is 2.53 bits per heavy atom. The molecule has 0 saturated heterocycles. The molecule has 92 valence electrons. The number of rotatable bonds is 6. The molecule has 0 amide bonds. The minimum absolute atomic E-state index is 0.0560. The molecule has 0 bridgehead atoms. The summed E-state index contributed by atoms with van der Waals surface area (Å²) in [6, 6.07) is 8.62. The van der Waals surface area contributed by atoms with Gasteiger partial charge in [-0.25, -0.2) is 0 Å². The zero-order valence-electron chi connectivity index (χ0n) is 9.89. The lowest BCUT2D eigenvalue weighted by molar-refractivity contribution is -0.146. The van der Waals surface area contributed by atoms with E-state index in [0.717, 1.165) is 5.56 Å². The van der Waals surface area contributed by atoms with Crippen molar-refractivity contribution >= 4 is 11.8 Å². The van der Waals surface area contributed by atoms with Gasteiger partial charge in [-0.1, -0.05) is 37.3 Å². The summed E-state index contributed by atoms with van der Waals surface area (Å²) in [4.78, 5) is 22.6. The first-order valence-corrected chi connectivity index (χ1v) is 5.61. The fourth-order valence-electron chi connectivity index (χ4n) is 1.35. The topological polar surface area (TPSA) is 69.4 Å². The molecule has 4 nitrogen and oxygen atoms in total. The van der Waals surface area contributed by atoms with E-state index < -0.39 is 12.0 Å². The van der Waals surface area contributed by atoms with E-state index in [0.29, 0.717) is 6.42 Å². The maximum Gasteiger partial charge on any atom is 0.308 e. The minimum Gasteiger partial charge on any atom is -0.461 e. The van der Waals surface area contributed by atoms with Crippen molar-refractivity contribution in [2.24, 2.45) is 5.73 Å². The molecule has 1 atom stereocenters. The second-order valence-electron chi connectivity index (χ2n) is 3.78. The van der Waals surface area contributed by atoms with Gasteiger partial charge in [-0.05, 0) is 5.56 Å². The third kappa shape index (κ3) is 4.78. The summed E-state index contributed by atoms with van der Waals surface area (Å²) in [5, 5.41) is 0. The molecule has 0 aliphatic carbocycles. The van der Waals surface area contributed by atoms with Crippen LogP contribution in [0.15, 0.2) is 30.3 Å². The Hall–Kier alpha value is -1.68. The average molecular weight is 235 g/mol. The van der Waals surface area contributed by atoms with E-state index >= 15 is 0 Å². The van der Waals surface area contributed by atoms with E-state index in [9.17, 15) is 9.59 Å². The zero-order chi connectivity index (χ0) is 12.7. The molecular weight excluding hydrogens is 218 g/mol. The number of esters is 1. The van der Waals surface area contributed by atoms with Crippen molar-refractivity contribution in [2.45, 2.75) is 32.4 Å². The lowest BCUT2D eigenvalue weighted by Gasteiger charge is -2.09. The molecule has 2 N–H and O–H groups in total. The number of ether oxygens (including phenoxy) is 1. The number of carbonyl (C=O) groups is 2. The van der Waals surface area contributed by atoms with Crippen LogP contribution >= 0.6 is 0 Å². The quantitative estimate of drug-likeness (QED) is 0.757. The van der Waals surface area contributed by atoms with Gasteiger partial charge < -0.3 is 10.5 Å². The van der Waals surface area contributed by atoms with Crippen LogP contribution < -0.4 is 5.73 Å². The predicted molar refractivity (Wildman–Crippen MR) is 64.1 cm³/mol. The Morgan fingerprint density at radius 2 is 1.94 bits per heavy atom. The molecule has 0 fully saturated rings. The van der Waals surface area contributed by atoms with Crippen LogP contribution in [0.2, 0.25) is 0 Å². The number of Topliss-reactive ketones (excluding diaryl/α,β-unsaturated/α-hetero) is 1. The SMILES string of the molecule is CCC(=O)C(N)CC(=O)OCc1ccccc1. The van der Waals surface area contributed by atoms with Gasteiger partial charge >= 0.3 is 5.97 Å². The van der Waals surface area contributed by atoms with E-state index in [-0.39, 0.29) is 18.8 Å². The van der Waals surface area contributed by atoms with Gasteiger partial charge in [-0.3, -0.25) is 9.59 Å². The Bertz CT molecular complexity index is 376. The maximum absolute atomic E-state index is 11.4. The van der Waals surface area contributed by atoms with Crippen LogP contribution in [0.4, 0.5) is 0 Å². The molecule has 0 aliphatic rings. The predicted octanol–water partition coefficient (Wildman–Crippen LogP) is 1.43. The standard InChI is InChI=1S/C13H17NO3/c1-2-12(15)11(14)8-13(16)17-9-10-6-4-3-5-7-10/h3-7,11H,2,8-9,14H2,1H3. The van der Waals surface area contributed by atoms with Crippen LogP contribution in [-0.4, -0.2) is 17.8 Å². The van der Waals surface area contributed by atoms with Crippen LogP contribution in [0.3, 0.4) is 0 Å². The Morgan fingerprint density at radius 1 is 1.29 bits per heavy atom. The van der Waals surface area contributed by atoms with E-state index in [1.807, 2.05) is 30.3 Å². The van der Waals surface area contributed by atoms with Crippen LogP contribution in [0, 0.1) is 0 Å². The van der Waals surface area contributed by atoms with Crippen LogP contribution in [0.25, 0.3) is 0 Å². The largest absolute Gasteiger partial charge is 0.461 e. The highest BCUT2D eigenvalue weighted by molar-refractivity contribution is 5.87. The minimum atomic E-state index is -0.747. The van der Waals surface area contributed by atoms with Gasteiger partial charge in [0.25, 0.3) is 0 Å². The van der Waals surface area contributed by atoms with Crippen LogP contribution in [0.5, 0.6) is 0 Å². The molecule has 17 heavy (non-hydrogen) atoms. The summed E-state index contributed by atoms with van der Waals surface area (Å²) in [5.74, 6) is -0.565. The summed E-state index contributed by atoms with van der Waals surface area (Å²) < 4.78 is 5.02. The maximum atomic E-state index is 11.4. The molecular formula is C13H17NO3. The molecule has 0 aliphatic heterocycles. The van der Waals surface area contributed by atoms with Gasteiger partial charge in [-0.2, -0.15) is 0 Å². The summed E-state index contributed by atoms with van der Waals surface area (Å²) in [7, 11) is 0. The average Bonchev–Trinajstić information content (AvgIpc) is 2.36. The fourth-order valence-corrected chi connectivity index (χ4v) is 1.35. The molecule has 1 aromatic carbocycles. The van der Waals surface area contributed by atoms with Gasteiger partial charge in [-0.15, -0.1) is 0 Å². The zero-order valence-corrected chi connectivity index (χ0v) is 9.89. The highest BCUT2D eigenvalue weighted by Gasteiger charge is 2.16. The van der Waals surface area contributed by atoms with Crippen molar-refractivity contribution in [1.29, 1.82) is 0 Å². The lowest BCUT2D eigenvalue weighted by atomic mass is 10.1. The highest BCUT2D eigenvalue weighted by atomic mass is 16.5. The molecule has 1 unspecified atom stereocenters. The van der Waals surface area contributed by atoms with Gasteiger partial charge in [0, 0.05) is 6.42 Å². The third-order valence-corrected chi connectivity index (χ3v) is 2.39. The van der Waals surface area contributed by atoms with Gasteiger partial charge in [0.05, 0.1) is 12.5 Å². The monoisotopic (exact) mass is 235 g/mol. The van der Waals surface area contributed by atoms with Crippen molar-refractivity contribution in [3.05, 3.63) is 35.9 Å². The molecule has 0 heterocycles. The first kappa shape index (κ1) is 13.4. The summed E-state index contributed by atoms with van der Waals surface area (Å²) >= 11 is 0. The number of nitrogens with two attached hydrogens (primary N) is 1. The summed E-state index contributed by atoms with van der Waals surface area (Å²) in [6.07, 6.45) is 0.284. The highest BCUT2D eigenvalue weighted by Crippen LogP contribution is 2.03. The number of carbonyl (C=O) groups excluding carboxylic acids is 2. The van der Waals surface area contributed by atoms with E-state index in [1.54, 1.807) is 6.92 Å². The number of benzene rings is 1. The molecule has 0 spiro atoms. The summed E-state index contributed by atoms with van der Waals surface area (Å²) in [6.45, 7) is 1.93. The second kappa shape index (κ2) is 6.81. The Balaban J connectivity index is 2.33. The molecule has 4 heteroatoms. The second-order valence-corrected chi connectivity index (χ2v) is 3.78. The molecule has 0 radical (unpaired) electrons. The Kier molecular flexibility index (Phi) is 5.36. The van der Waals surface area contributed by atoms with Crippen molar-refractivity contribution in [3.63, 3.8) is 0 Å². The van der Waals surface area contributed by atoms with Crippen LogP contribution in [-0.2, 0) is 20.9 Å². The normalized spacial score (nSPS) is 11.9. The third-order valence-electron chi connectivity index (χ3n) is 2.39. The van der Waals surface area contributed by atoms with Crippen LogP contribution in [0.1, 0.15) is 25.3 Å².